The second-order valence-electron chi connectivity index (χ2n) is 10.7. The number of alkyl halides is 3. The van der Waals surface area contributed by atoms with Crippen LogP contribution in [0.1, 0.15) is 5.56 Å². The van der Waals surface area contributed by atoms with Crippen LogP contribution >= 0.6 is 26.0 Å². The van der Waals surface area contributed by atoms with Crippen LogP contribution in [-0.4, -0.2) is 0 Å². The Bertz CT molecular complexity index is 1640. The molecule has 0 aliphatic carbocycles. The van der Waals surface area contributed by atoms with E-state index in [2.05, 4.69) is 182 Å². The molecule has 0 spiro atoms. The van der Waals surface area contributed by atoms with E-state index < -0.39 is 27.6 Å². The first-order chi connectivity index (χ1) is 24.4. The molecule has 0 bridgehead atoms. The van der Waals surface area contributed by atoms with Gasteiger partial charge >= 0.3 is 77.5 Å². The zero-order chi connectivity index (χ0) is 35.0. The van der Waals surface area contributed by atoms with Crippen LogP contribution in [0.3, 0.4) is 0 Å². The first-order valence-electron chi connectivity index (χ1n) is 15.7. The summed E-state index contributed by atoms with van der Waals surface area (Å²) in [5.41, 5.74) is -0.652. The number of rotatable bonds is 7. The SMILES string of the molecule is FC(F)(F)c1cc[c]([Ni][Cl])cc1.c1ccc(P(c2ccccc2)c2ccccc2)cc1.c1ccc(P(c2ccccc2)c2ccccc2)cc1. The van der Waals surface area contributed by atoms with Crippen molar-refractivity contribution in [3.8, 4) is 0 Å². The molecule has 50 heavy (non-hydrogen) atoms. The molecule has 0 amide bonds. The van der Waals surface area contributed by atoms with E-state index in [-0.39, 0.29) is 0 Å². The van der Waals surface area contributed by atoms with Crippen molar-refractivity contribution in [2.45, 2.75) is 6.18 Å². The van der Waals surface area contributed by atoms with Gasteiger partial charge in [-0.25, -0.2) is 0 Å². The van der Waals surface area contributed by atoms with E-state index in [0.29, 0.717) is 4.53 Å². The predicted octanol–water partition coefficient (Wildman–Crippen LogP) is 9.46. The minimum absolute atomic E-state index is 0.446. The van der Waals surface area contributed by atoms with Crippen molar-refractivity contribution in [3.05, 3.63) is 212 Å². The number of hydrogen-bond donors (Lipinski definition) is 0. The molecule has 7 aromatic rings. The largest absolute Gasteiger partial charge is 0.0622 e. The molecule has 0 nitrogen and oxygen atoms in total. The van der Waals surface area contributed by atoms with Gasteiger partial charge in [0.1, 0.15) is 0 Å². The second kappa shape index (κ2) is 19.4. The Kier molecular flexibility index (Phi) is 14.4. The Balaban J connectivity index is 0.000000150. The fourth-order valence-electron chi connectivity index (χ4n) is 5.03. The molecule has 0 aromatic heterocycles. The topological polar surface area (TPSA) is 0 Å². The van der Waals surface area contributed by atoms with Gasteiger partial charge in [0.05, 0.1) is 0 Å². The Morgan fingerprint density at radius 1 is 0.340 bits per heavy atom. The van der Waals surface area contributed by atoms with E-state index in [9.17, 15) is 13.2 Å². The Morgan fingerprint density at radius 3 is 0.740 bits per heavy atom. The molecule has 0 aliphatic heterocycles. The van der Waals surface area contributed by atoms with E-state index in [1.54, 1.807) is 0 Å². The molecule has 254 valence electrons. The molecule has 7 rings (SSSR count). The minimum atomic E-state index is -4.27. The molecular formula is C43H34ClF3NiP2. The van der Waals surface area contributed by atoms with E-state index >= 15 is 0 Å². The van der Waals surface area contributed by atoms with Crippen LogP contribution in [-0.2, 0) is 19.7 Å². The normalized spacial score (nSPS) is 10.9. The van der Waals surface area contributed by atoms with E-state index in [1.165, 1.54) is 44.0 Å². The van der Waals surface area contributed by atoms with Crippen molar-refractivity contribution in [2.24, 2.45) is 0 Å². The van der Waals surface area contributed by atoms with Gasteiger partial charge in [0, 0.05) is 0 Å². The summed E-state index contributed by atoms with van der Waals surface area (Å²) in [5.74, 6) is 0. The average Bonchev–Trinajstić information content (AvgIpc) is 3.18. The van der Waals surface area contributed by atoms with Gasteiger partial charge in [-0.15, -0.1) is 0 Å². The van der Waals surface area contributed by atoms with Crippen LogP contribution in [0.25, 0.3) is 0 Å². The maximum atomic E-state index is 12.0. The summed E-state index contributed by atoms with van der Waals surface area (Å²) in [4.78, 5) is 0. The van der Waals surface area contributed by atoms with Gasteiger partial charge in [0.15, 0.2) is 0 Å². The molecule has 0 fully saturated rings. The zero-order valence-corrected chi connectivity index (χ0v) is 30.4. The first kappa shape index (κ1) is 37.2. The van der Waals surface area contributed by atoms with Gasteiger partial charge in [-0.1, -0.05) is 182 Å². The van der Waals surface area contributed by atoms with E-state index in [4.69, 9.17) is 10.2 Å². The van der Waals surface area contributed by atoms with Crippen molar-refractivity contribution in [1.82, 2.24) is 0 Å². The molecule has 7 heteroatoms. The molecule has 0 atom stereocenters. The van der Waals surface area contributed by atoms with Crippen molar-refractivity contribution in [1.29, 1.82) is 0 Å². The third kappa shape index (κ3) is 11.0. The molecule has 0 radical (unpaired) electrons. The molecule has 0 heterocycles. The van der Waals surface area contributed by atoms with Crippen LogP contribution in [0.4, 0.5) is 13.2 Å². The summed E-state index contributed by atoms with van der Waals surface area (Å²) in [6.07, 6.45) is -4.27. The fraction of sp³-hybridized carbons (Fsp3) is 0.0233. The van der Waals surface area contributed by atoms with Crippen LogP contribution in [0, 0.1) is 0 Å². The van der Waals surface area contributed by atoms with Gasteiger partial charge in [-0.3, -0.25) is 0 Å². The molecule has 0 aliphatic rings. The first-order valence-corrected chi connectivity index (χ1v) is 20.3. The second-order valence-corrected chi connectivity index (χ2v) is 16.4. The molecule has 0 saturated heterocycles. The van der Waals surface area contributed by atoms with E-state index in [1.807, 2.05) is 0 Å². The maximum absolute atomic E-state index is 12.0. The number of halogens is 4. The molecule has 7 aromatic carbocycles. The van der Waals surface area contributed by atoms with E-state index in [0.717, 1.165) is 25.7 Å². The smallest absolute Gasteiger partial charge is 0.0134 e. The quantitative estimate of drug-likeness (QED) is 0.112. The third-order valence-electron chi connectivity index (χ3n) is 7.31. The van der Waals surface area contributed by atoms with Gasteiger partial charge < -0.3 is 0 Å². The van der Waals surface area contributed by atoms with Gasteiger partial charge in [-0.2, -0.15) is 0 Å². The van der Waals surface area contributed by atoms with Crippen LogP contribution in [0.15, 0.2) is 206 Å². The van der Waals surface area contributed by atoms with Crippen molar-refractivity contribution in [2.75, 3.05) is 0 Å². The molecule has 0 saturated carbocycles. The average molecular weight is 764 g/mol. The summed E-state index contributed by atoms with van der Waals surface area (Å²) in [6.45, 7) is 0. The minimum Gasteiger partial charge on any atom is -0.0622 e. The number of hydrogen-bond acceptors (Lipinski definition) is 0. The van der Waals surface area contributed by atoms with Crippen LogP contribution in [0.5, 0.6) is 0 Å². The van der Waals surface area contributed by atoms with Crippen molar-refractivity contribution >= 4 is 62.4 Å². The van der Waals surface area contributed by atoms with Crippen LogP contribution < -0.4 is 36.4 Å². The number of benzene rings is 7. The van der Waals surface area contributed by atoms with Gasteiger partial charge in [0.2, 0.25) is 0 Å². The maximum Gasteiger partial charge on any atom is -0.0134 e. The summed E-state index contributed by atoms with van der Waals surface area (Å²) in [7, 11) is 4.46. The van der Waals surface area contributed by atoms with Gasteiger partial charge in [0.25, 0.3) is 0 Å². The standard InChI is InChI=1S/2C18H15P.C7H4F3.ClH.Ni/c2*1-4-10-16(11-5-1)19(17-12-6-2-7-13-17)18-14-8-3-9-15-18;8-7(9,10)6-4-2-1-3-5-6;;/h2*1-15H;2-5H;1H;/q;;;;+1/p-1. The Hall–Kier alpha value is -4.03. The summed E-state index contributed by atoms with van der Waals surface area (Å²) >= 11 is 0.728. The Labute approximate surface area is 305 Å². The predicted molar refractivity (Wildman–Crippen MR) is 207 cm³/mol. The monoisotopic (exact) mass is 762 g/mol. The summed E-state index contributed by atoms with van der Waals surface area (Å²) < 4.78 is 36.6. The molecular weight excluding hydrogens is 730 g/mol. The van der Waals surface area contributed by atoms with Crippen LogP contribution in [0.2, 0.25) is 0 Å². The van der Waals surface area contributed by atoms with Crippen molar-refractivity contribution < 1.29 is 26.7 Å². The Morgan fingerprint density at radius 2 is 0.560 bits per heavy atom. The van der Waals surface area contributed by atoms with Gasteiger partial charge in [-0.05, 0) is 47.7 Å². The molecule has 0 N–H and O–H groups in total. The molecule has 0 unspecified atom stereocenters. The van der Waals surface area contributed by atoms with Crippen molar-refractivity contribution in [3.63, 3.8) is 0 Å². The zero-order valence-electron chi connectivity index (χ0n) is 26.9. The third-order valence-corrected chi connectivity index (χ3v) is 13.3. The fourth-order valence-corrected chi connectivity index (χ4v) is 10.3. The summed E-state index contributed by atoms with van der Waals surface area (Å²) in [6, 6.07) is 69.4. The summed E-state index contributed by atoms with van der Waals surface area (Å²) in [5, 5.41) is 8.39.